The number of nitrogens with two attached hydrogens (primary N) is 1. The molecule has 0 fully saturated rings. The second kappa shape index (κ2) is 5.71. The Morgan fingerprint density at radius 1 is 1.12 bits per heavy atom. The number of benzene rings is 1. The molecule has 9 nitrogen and oxygen atoms in total. The van der Waals surface area contributed by atoms with E-state index in [0.29, 0.717) is 17.2 Å². The topological polar surface area (TPSA) is 117 Å². The van der Waals surface area contributed by atoms with Crippen LogP contribution in [0.3, 0.4) is 0 Å². The van der Waals surface area contributed by atoms with Gasteiger partial charge >= 0.3 is 0 Å². The van der Waals surface area contributed by atoms with E-state index in [9.17, 15) is 4.79 Å². The fourth-order valence-electron chi connectivity index (χ4n) is 2.45. The highest BCUT2D eigenvalue weighted by atomic mass is 16.1. The number of aryl methyl sites for hydroxylation is 1. The van der Waals surface area contributed by atoms with Crippen LogP contribution in [0.15, 0.2) is 49.1 Å². The molecule has 124 valence electrons. The van der Waals surface area contributed by atoms with Crippen LogP contribution in [0.1, 0.15) is 10.4 Å². The first-order valence-corrected chi connectivity index (χ1v) is 7.47. The summed E-state index contributed by atoms with van der Waals surface area (Å²) in [7, 11) is 1.83. The summed E-state index contributed by atoms with van der Waals surface area (Å²) < 4.78 is 3.36. The monoisotopic (exact) mass is 334 g/mol. The third kappa shape index (κ3) is 2.78. The van der Waals surface area contributed by atoms with Crippen LogP contribution < -0.4 is 11.1 Å². The Morgan fingerprint density at radius 2 is 1.92 bits per heavy atom. The number of rotatable bonds is 4. The van der Waals surface area contributed by atoms with Crippen molar-refractivity contribution in [2.45, 2.75) is 0 Å². The Kier molecular flexibility index (Phi) is 3.38. The van der Waals surface area contributed by atoms with Gasteiger partial charge in [0.25, 0.3) is 0 Å². The molecule has 0 aliphatic heterocycles. The van der Waals surface area contributed by atoms with Crippen molar-refractivity contribution >= 4 is 28.6 Å². The van der Waals surface area contributed by atoms with Crippen LogP contribution in [0.25, 0.3) is 16.7 Å². The predicted molar refractivity (Wildman–Crippen MR) is 91.7 cm³/mol. The van der Waals surface area contributed by atoms with Crippen LogP contribution in [0.4, 0.5) is 11.6 Å². The summed E-state index contributed by atoms with van der Waals surface area (Å²) in [5.41, 5.74) is 7.92. The molecule has 0 spiro atoms. The summed E-state index contributed by atoms with van der Waals surface area (Å²) in [6.45, 7) is 0. The van der Waals surface area contributed by atoms with Gasteiger partial charge in [-0.25, -0.2) is 9.67 Å². The summed E-state index contributed by atoms with van der Waals surface area (Å²) in [5.74, 6) is -0.0295. The molecular weight excluding hydrogens is 320 g/mol. The van der Waals surface area contributed by atoms with Gasteiger partial charge in [-0.05, 0) is 24.3 Å². The van der Waals surface area contributed by atoms with Gasteiger partial charge in [0.1, 0.15) is 0 Å². The normalized spacial score (nSPS) is 10.9. The summed E-state index contributed by atoms with van der Waals surface area (Å²) in [5, 5.41) is 12.3. The molecule has 0 radical (unpaired) electrons. The van der Waals surface area contributed by atoms with E-state index in [1.807, 2.05) is 13.2 Å². The van der Waals surface area contributed by atoms with E-state index in [0.717, 1.165) is 16.8 Å². The highest BCUT2D eigenvalue weighted by molar-refractivity contribution is 5.93. The Bertz CT molecular complexity index is 1060. The second-order valence-corrected chi connectivity index (χ2v) is 5.47. The number of fused-ring (bicyclic) bond motifs is 1. The van der Waals surface area contributed by atoms with Crippen molar-refractivity contribution in [1.29, 1.82) is 0 Å². The zero-order valence-corrected chi connectivity index (χ0v) is 13.3. The number of carbonyl (C=O) groups excluding carboxylic acids is 1. The van der Waals surface area contributed by atoms with E-state index in [2.05, 4.69) is 25.5 Å². The minimum atomic E-state index is -0.470. The van der Waals surface area contributed by atoms with E-state index < -0.39 is 5.91 Å². The summed E-state index contributed by atoms with van der Waals surface area (Å²) in [6.07, 6.45) is 6.90. The lowest BCUT2D eigenvalue weighted by Crippen LogP contribution is -2.10. The van der Waals surface area contributed by atoms with Crippen LogP contribution in [-0.2, 0) is 7.05 Å². The van der Waals surface area contributed by atoms with Crippen molar-refractivity contribution in [3.05, 3.63) is 54.6 Å². The maximum atomic E-state index is 11.2. The highest BCUT2D eigenvalue weighted by Gasteiger charge is 2.10. The molecule has 0 atom stereocenters. The lowest BCUT2D eigenvalue weighted by Gasteiger charge is -2.05. The Hall–Kier alpha value is -3.75. The summed E-state index contributed by atoms with van der Waals surface area (Å²) in [6, 6.07) is 6.84. The van der Waals surface area contributed by atoms with E-state index in [-0.39, 0.29) is 0 Å². The molecule has 0 saturated heterocycles. The third-order valence-corrected chi connectivity index (χ3v) is 3.67. The first-order valence-electron chi connectivity index (χ1n) is 7.47. The van der Waals surface area contributed by atoms with Crippen molar-refractivity contribution in [3.63, 3.8) is 0 Å². The van der Waals surface area contributed by atoms with Crippen molar-refractivity contribution < 1.29 is 4.79 Å². The number of nitrogens with zero attached hydrogens (tertiary/aromatic N) is 6. The van der Waals surface area contributed by atoms with Crippen LogP contribution in [-0.4, -0.2) is 35.4 Å². The molecular formula is C16H14N8O. The fraction of sp³-hybridized carbons (Fsp3) is 0.0625. The average Bonchev–Trinajstić information content (AvgIpc) is 3.21. The molecule has 0 saturated carbocycles. The molecule has 3 heterocycles. The first kappa shape index (κ1) is 14.8. The molecule has 9 heteroatoms. The van der Waals surface area contributed by atoms with Gasteiger partial charge in [-0.3, -0.25) is 9.48 Å². The molecule has 0 aliphatic rings. The maximum Gasteiger partial charge on any atom is 0.248 e. The minimum absolute atomic E-state index is 0.439. The van der Waals surface area contributed by atoms with Gasteiger partial charge in [0, 0.05) is 25.0 Å². The van der Waals surface area contributed by atoms with E-state index in [1.165, 1.54) is 0 Å². The summed E-state index contributed by atoms with van der Waals surface area (Å²) in [4.78, 5) is 20.0. The standard InChI is InChI=1S/C16H14N8O/c1-23-9-12(8-19-23)21-16-18-6-11-7-20-24(15(11)22-16)13-4-2-10(3-5-13)14(17)25/h2-9H,1H3,(H2,17,25)(H,18,21,22). The van der Waals surface area contributed by atoms with E-state index in [1.54, 1.807) is 52.2 Å². The molecule has 4 rings (SSSR count). The van der Waals surface area contributed by atoms with E-state index >= 15 is 0 Å². The number of aromatic nitrogens is 6. The quantitative estimate of drug-likeness (QED) is 0.582. The lowest BCUT2D eigenvalue weighted by atomic mass is 10.2. The van der Waals surface area contributed by atoms with Gasteiger partial charge in [0.2, 0.25) is 11.9 Å². The number of primary amides is 1. The van der Waals surface area contributed by atoms with Gasteiger partial charge < -0.3 is 11.1 Å². The number of anilines is 2. The SMILES string of the molecule is Cn1cc(Nc2ncc3cnn(-c4ccc(C(N)=O)cc4)c3n2)cn1. The Labute approximate surface area is 142 Å². The number of hydrogen-bond acceptors (Lipinski definition) is 6. The number of amides is 1. The predicted octanol–water partition coefficient (Wildman–Crippen LogP) is 1.39. The van der Waals surface area contributed by atoms with Gasteiger partial charge in [-0.2, -0.15) is 15.2 Å². The molecule has 3 N–H and O–H groups in total. The van der Waals surface area contributed by atoms with Crippen molar-refractivity contribution in [3.8, 4) is 5.69 Å². The van der Waals surface area contributed by atoms with Crippen molar-refractivity contribution in [2.75, 3.05) is 5.32 Å². The van der Waals surface area contributed by atoms with Crippen LogP contribution >= 0.6 is 0 Å². The smallest absolute Gasteiger partial charge is 0.248 e. The van der Waals surface area contributed by atoms with Crippen LogP contribution in [0.5, 0.6) is 0 Å². The van der Waals surface area contributed by atoms with Crippen LogP contribution in [0, 0.1) is 0 Å². The fourth-order valence-corrected chi connectivity index (χ4v) is 2.45. The van der Waals surface area contributed by atoms with Crippen molar-refractivity contribution in [2.24, 2.45) is 12.8 Å². The molecule has 1 aromatic carbocycles. The molecule has 25 heavy (non-hydrogen) atoms. The summed E-state index contributed by atoms with van der Waals surface area (Å²) >= 11 is 0. The van der Waals surface area contributed by atoms with Gasteiger partial charge in [0.15, 0.2) is 5.65 Å². The number of hydrogen-bond donors (Lipinski definition) is 2. The molecule has 3 aromatic heterocycles. The highest BCUT2D eigenvalue weighted by Crippen LogP contribution is 2.19. The van der Waals surface area contributed by atoms with Gasteiger partial charge in [-0.15, -0.1) is 0 Å². The average molecular weight is 334 g/mol. The number of carbonyl (C=O) groups is 1. The van der Waals surface area contributed by atoms with Crippen molar-refractivity contribution in [1.82, 2.24) is 29.5 Å². The zero-order chi connectivity index (χ0) is 17.4. The van der Waals surface area contributed by atoms with Gasteiger partial charge in [-0.1, -0.05) is 0 Å². The maximum absolute atomic E-state index is 11.2. The molecule has 0 unspecified atom stereocenters. The number of nitrogens with one attached hydrogen (secondary N) is 1. The largest absolute Gasteiger partial charge is 0.366 e. The minimum Gasteiger partial charge on any atom is -0.366 e. The zero-order valence-electron chi connectivity index (χ0n) is 13.3. The second-order valence-electron chi connectivity index (χ2n) is 5.47. The Morgan fingerprint density at radius 3 is 2.60 bits per heavy atom. The first-order chi connectivity index (χ1) is 12.1. The van der Waals surface area contributed by atoms with E-state index in [4.69, 9.17) is 5.73 Å². The molecule has 0 aliphatic carbocycles. The lowest BCUT2D eigenvalue weighted by molar-refractivity contribution is 0.100. The molecule has 4 aromatic rings. The van der Waals surface area contributed by atoms with Crippen LogP contribution in [0.2, 0.25) is 0 Å². The van der Waals surface area contributed by atoms with Gasteiger partial charge in [0.05, 0.1) is 29.2 Å². The molecule has 1 amide bonds. The third-order valence-electron chi connectivity index (χ3n) is 3.67. The molecule has 0 bridgehead atoms. The Balaban J connectivity index is 1.72.